The van der Waals surface area contributed by atoms with Crippen molar-refractivity contribution in [2.45, 2.75) is 12.5 Å². The molecule has 1 heterocycles. The van der Waals surface area contributed by atoms with Gasteiger partial charge in [0.2, 0.25) is 0 Å². The average Bonchev–Trinajstić information content (AvgIpc) is 3.01. The highest BCUT2D eigenvalue weighted by molar-refractivity contribution is 6.46. The number of carbonyl (C=O) groups excluding carboxylic acids is 2. The number of ketones is 1. The van der Waals surface area contributed by atoms with Crippen LogP contribution in [0.25, 0.3) is 5.76 Å². The molecule has 1 aliphatic heterocycles. The summed E-state index contributed by atoms with van der Waals surface area (Å²) in [5.41, 5.74) is 0.605. The number of benzene rings is 2. The summed E-state index contributed by atoms with van der Waals surface area (Å²) >= 11 is 5.90. The van der Waals surface area contributed by atoms with Gasteiger partial charge in [-0.15, -0.1) is 0 Å². The van der Waals surface area contributed by atoms with Crippen molar-refractivity contribution in [2.75, 3.05) is 20.8 Å². The second kappa shape index (κ2) is 9.09. The second-order valence-electron chi connectivity index (χ2n) is 6.76. The van der Waals surface area contributed by atoms with Gasteiger partial charge >= 0.3 is 5.97 Å². The lowest BCUT2D eigenvalue weighted by molar-refractivity contribution is -0.142. The van der Waals surface area contributed by atoms with E-state index in [0.717, 1.165) is 4.90 Å². The average molecular weight is 446 g/mol. The second-order valence-corrected chi connectivity index (χ2v) is 7.19. The normalized spacial score (nSPS) is 17.6. The molecule has 0 radical (unpaired) electrons. The molecule has 8 nitrogen and oxygen atoms in total. The molecule has 1 aliphatic rings. The summed E-state index contributed by atoms with van der Waals surface area (Å²) in [4.78, 5) is 37.9. The number of amides is 1. The lowest BCUT2D eigenvalue weighted by Crippen LogP contribution is -2.31. The maximum absolute atomic E-state index is 12.9. The molecule has 1 unspecified atom stereocenters. The third-order valence-corrected chi connectivity index (χ3v) is 5.20. The number of carboxylic acid groups (broad SMARTS) is 1. The van der Waals surface area contributed by atoms with Crippen molar-refractivity contribution in [1.82, 2.24) is 4.90 Å². The van der Waals surface area contributed by atoms with Gasteiger partial charge < -0.3 is 24.6 Å². The molecule has 1 fully saturated rings. The lowest BCUT2D eigenvalue weighted by atomic mass is 9.95. The van der Waals surface area contributed by atoms with Gasteiger partial charge in [0.25, 0.3) is 11.7 Å². The number of carbonyl (C=O) groups is 3. The molecule has 1 saturated heterocycles. The molecule has 0 aliphatic carbocycles. The van der Waals surface area contributed by atoms with Crippen molar-refractivity contribution >= 4 is 35.0 Å². The van der Waals surface area contributed by atoms with Crippen LogP contribution in [-0.4, -0.2) is 53.5 Å². The van der Waals surface area contributed by atoms with Crippen molar-refractivity contribution in [3.8, 4) is 11.5 Å². The van der Waals surface area contributed by atoms with Crippen LogP contribution in [0.3, 0.4) is 0 Å². The van der Waals surface area contributed by atoms with Crippen molar-refractivity contribution in [3.63, 3.8) is 0 Å². The van der Waals surface area contributed by atoms with Gasteiger partial charge in [-0.05, 0) is 42.0 Å². The minimum absolute atomic E-state index is 0.148. The van der Waals surface area contributed by atoms with Crippen molar-refractivity contribution in [1.29, 1.82) is 0 Å². The maximum atomic E-state index is 12.9. The van der Waals surface area contributed by atoms with Crippen LogP contribution < -0.4 is 9.47 Å². The van der Waals surface area contributed by atoms with Crippen LogP contribution in [0.1, 0.15) is 23.6 Å². The zero-order valence-corrected chi connectivity index (χ0v) is 17.5. The highest BCUT2D eigenvalue weighted by Gasteiger charge is 2.46. The summed E-state index contributed by atoms with van der Waals surface area (Å²) in [7, 11) is 2.91. The van der Waals surface area contributed by atoms with Gasteiger partial charge in [-0.2, -0.15) is 0 Å². The number of aliphatic hydroxyl groups excluding tert-OH is 1. The van der Waals surface area contributed by atoms with E-state index in [0.29, 0.717) is 27.6 Å². The van der Waals surface area contributed by atoms with E-state index in [-0.39, 0.29) is 24.3 Å². The van der Waals surface area contributed by atoms with Crippen LogP contribution in [0.4, 0.5) is 0 Å². The number of aliphatic hydroxyl groups is 1. The number of rotatable bonds is 7. The summed E-state index contributed by atoms with van der Waals surface area (Å²) in [6, 6.07) is 9.94. The maximum Gasteiger partial charge on any atom is 0.305 e. The summed E-state index contributed by atoms with van der Waals surface area (Å²) in [5, 5.41) is 20.4. The highest BCUT2D eigenvalue weighted by Crippen LogP contribution is 2.42. The minimum atomic E-state index is -1.12. The Morgan fingerprint density at radius 1 is 1.03 bits per heavy atom. The molecule has 2 aromatic carbocycles. The molecular formula is C22H20ClNO7. The number of halogens is 1. The number of ether oxygens (including phenoxy) is 2. The van der Waals surface area contributed by atoms with Gasteiger partial charge in [-0.1, -0.05) is 17.7 Å². The Balaban J connectivity index is 2.19. The molecule has 9 heteroatoms. The fourth-order valence-electron chi connectivity index (χ4n) is 3.46. The number of aliphatic carboxylic acids is 1. The van der Waals surface area contributed by atoms with Crippen molar-refractivity contribution < 1.29 is 34.1 Å². The topological polar surface area (TPSA) is 113 Å². The van der Waals surface area contributed by atoms with Crippen molar-refractivity contribution in [2.24, 2.45) is 0 Å². The van der Waals surface area contributed by atoms with E-state index in [1.807, 2.05) is 0 Å². The number of Topliss-reactive ketones (excluding diaryl/α,β-unsaturated/α-hetero) is 1. The third kappa shape index (κ3) is 4.34. The van der Waals surface area contributed by atoms with Crippen LogP contribution in [0, 0.1) is 0 Å². The van der Waals surface area contributed by atoms with Crippen molar-refractivity contribution in [3.05, 3.63) is 64.2 Å². The number of likely N-dealkylation sites (tertiary alicyclic amines) is 1. The fraction of sp³-hybridized carbons (Fsp3) is 0.227. The Labute approximate surface area is 183 Å². The van der Waals surface area contributed by atoms with E-state index in [2.05, 4.69) is 0 Å². The molecular weight excluding hydrogens is 426 g/mol. The van der Waals surface area contributed by atoms with Gasteiger partial charge in [-0.25, -0.2) is 0 Å². The molecule has 0 spiro atoms. The van der Waals surface area contributed by atoms with Crippen LogP contribution in [0.15, 0.2) is 48.0 Å². The molecule has 3 rings (SSSR count). The minimum Gasteiger partial charge on any atom is -0.507 e. The molecule has 0 saturated carbocycles. The predicted molar refractivity (Wildman–Crippen MR) is 112 cm³/mol. The van der Waals surface area contributed by atoms with Crippen LogP contribution in [0.2, 0.25) is 5.02 Å². The predicted octanol–water partition coefficient (Wildman–Crippen LogP) is 3.25. The standard InChI is InChI=1S/C22H20ClNO7/c1-30-15-8-5-13(11-16(15)31-2)19-18(20(27)12-3-6-14(23)7-4-12)21(28)22(29)24(19)10-9-17(25)26/h3-8,11,19,27H,9-10H2,1-2H3,(H,25,26)/b20-18-. The van der Waals surface area contributed by atoms with E-state index in [9.17, 15) is 19.5 Å². The van der Waals surface area contributed by atoms with E-state index < -0.39 is 23.7 Å². The largest absolute Gasteiger partial charge is 0.507 e. The third-order valence-electron chi connectivity index (χ3n) is 4.95. The Morgan fingerprint density at radius 2 is 1.68 bits per heavy atom. The number of carboxylic acids is 1. The zero-order chi connectivity index (χ0) is 22.7. The van der Waals surface area contributed by atoms with Crippen LogP contribution in [0.5, 0.6) is 11.5 Å². The first-order chi connectivity index (χ1) is 14.8. The summed E-state index contributed by atoms with van der Waals surface area (Å²) in [6.45, 7) is -0.212. The first-order valence-electron chi connectivity index (χ1n) is 9.26. The van der Waals surface area contributed by atoms with Crippen LogP contribution in [-0.2, 0) is 14.4 Å². The SMILES string of the molecule is COc1ccc(C2/C(=C(/O)c3ccc(Cl)cc3)C(=O)C(=O)N2CCC(=O)O)cc1OC. The molecule has 1 amide bonds. The van der Waals surface area contributed by atoms with Gasteiger partial charge in [0, 0.05) is 17.1 Å². The number of hydrogen-bond donors (Lipinski definition) is 2. The lowest BCUT2D eigenvalue weighted by Gasteiger charge is -2.25. The van der Waals surface area contributed by atoms with E-state index >= 15 is 0 Å². The molecule has 2 aromatic rings. The smallest absolute Gasteiger partial charge is 0.305 e. The van der Waals surface area contributed by atoms with Gasteiger partial charge in [0.1, 0.15) is 5.76 Å². The Bertz CT molecular complexity index is 1060. The molecule has 31 heavy (non-hydrogen) atoms. The molecule has 1 atom stereocenters. The quantitative estimate of drug-likeness (QED) is 0.382. The van der Waals surface area contributed by atoms with Gasteiger partial charge in [0.15, 0.2) is 11.5 Å². The fourth-order valence-corrected chi connectivity index (χ4v) is 3.59. The molecule has 0 bridgehead atoms. The van der Waals surface area contributed by atoms with Crippen LogP contribution >= 0.6 is 11.6 Å². The summed E-state index contributed by atoms with van der Waals surface area (Å²) in [6.07, 6.45) is -0.363. The van der Waals surface area contributed by atoms with Gasteiger partial charge in [0.05, 0.1) is 32.3 Å². The Hall–Kier alpha value is -3.52. The zero-order valence-electron chi connectivity index (χ0n) is 16.8. The highest BCUT2D eigenvalue weighted by atomic mass is 35.5. The number of methoxy groups -OCH3 is 2. The van der Waals surface area contributed by atoms with E-state index in [1.54, 1.807) is 30.3 Å². The Morgan fingerprint density at radius 3 is 2.26 bits per heavy atom. The van der Waals surface area contributed by atoms with E-state index in [1.165, 1.54) is 26.4 Å². The van der Waals surface area contributed by atoms with Gasteiger partial charge in [-0.3, -0.25) is 14.4 Å². The summed E-state index contributed by atoms with van der Waals surface area (Å²) in [5.74, 6) is -2.51. The first-order valence-corrected chi connectivity index (χ1v) is 9.64. The molecule has 2 N–H and O–H groups in total. The first kappa shape index (κ1) is 22.2. The Kier molecular flexibility index (Phi) is 6.50. The summed E-state index contributed by atoms with van der Waals surface area (Å²) < 4.78 is 10.5. The monoisotopic (exact) mass is 445 g/mol. The molecule has 162 valence electrons. The molecule has 0 aromatic heterocycles. The van der Waals surface area contributed by atoms with E-state index in [4.69, 9.17) is 26.2 Å². The number of nitrogens with zero attached hydrogens (tertiary/aromatic N) is 1. The number of hydrogen-bond acceptors (Lipinski definition) is 6.